The van der Waals surface area contributed by atoms with E-state index in [4.69, 9.17) is 23.2 Å². The van der Waals surface area contributed by atoms with E-state index in [2.05, 4.69) is 10.6 Å². The van der Waals surface area contributed by atoms with Gasteiger partial charge in [-0.1, -0.05) is 37.0 Å². The monoisotopic (exact) mass is 303 g/mol. The number of nitrogens with one attached hydrogen (secondary N) is 2. The number of amides is 2. The molecule has 19 heavy (non-hydrogen) atoms. The molecule has 1 aromatic carbocycles. The van der Waals surface area contributed by atoms with E-state index in [1.165, 1.54) is 12.1 Å². The fourth-order valence-corrected chi connectivity index (χ4v) is 1.84. The van der Waals surface area contributed by atoms with E-state index < -0.39 is 18.0 Å². The normalized spacial score (nSPS) is 12.1. The van der Waals surface area contributed by atoms with Gasteiger partial charge in [-0.2, -0.15) is 0 Å². The first kappa shape index (κ1) is 15.6. The highest BCUT2D eigenvalue weighted by molar-refractivity contribution is 6.36. The number of hydrogen-bond acceptors (Lipinski definition) is 3. The number of benzene rings is 1. The zero-order chi connectivity index (χ0) is 14.6. The van der Waals surface area contributed by atoms with Crippen molar-refractivity contribution < 1.29 is 14.7 Å². The molecule has 0 bridgehead atoms. The molecule has 1 aromatic rings. The molecular formula is C12H13Cl2N2O3-. The van der Waals surface area contributed by atoms with Crippen LogP contribution in [0.25, 0.3) is 0 Å². The van der Waals surface area contributed by atoms with E-state index in [1.807, 2.05) is 0 Å². The second-order valence-corrected chi connectivity index (χ2v) is 5.11. The van der Waals surface area contributed by atoms with Crippen molar-refractivity contribution in [2.24, 2.45) is 5.92 Å². The van der Waals surface area contributed by atoms with Gasteiger partial charge in [0.2, 0.25) is 0 Å². The number of hydrogen-bond donors (Lipinski definition) is 2. The number of carbonyl (C=O) groups excluding carboxylic acids is 2. The van der Waals surface area contributed by atoms with Gasteiger partial charge >= 0.3 is 6.03 Å². The van der Waals surface area contributed by atoms with E-state index in [0.29, 0.717) is 10.7 Å². The lowest BCUT2D eigenvalue weighted by molar-refractivity contribution is -0.309. The van der Waals surface area contributed by atoms with Gasteiger partial charge in [-0.15, -0.1) is 0 Å². The summed E-state index contributed by atoms with van der Waals surface area (Å²) in [7, 11) is 0. The number of rotatable bonds is 4. The number of aliphatic carboxylic acids is 1. The third-order valence-electron chi connectivity index (χ3n) is 2.39. The maximum atomic E-state index is 11.7. The Morgan fingerprint density at radius 3 is 2.37 bits per heavy atom. The van der Waals surface area contributed by atoms with Crippen LogP contribution in [0.2, 0.25) is 10.0 Å². The molecule has 0 heterocycles. The maximum Gasteiger partial charge on any atom is 0.319 e. The molecule has 0 aliphatic rings. The molecule has 0 saturated heterocycles. The van der Waals surface area contributed by atoms with E-state index in [-0.39, 0.29) is 10.9 Å². The molecule has 0 saturated carbocycles. The van der Waals surface area contributed by atoms with Crippen LogP contribution in [0, 0.1) is 5.92 Å². The van der Waals surface area contributed by atoms with Gasteiger partial charge in [0.15, 0.2) is 0 Å². The quantitative estimate of drug-likeness (QED) is 0.891. The van der Waals surface area contributed by atoms with Crippen LogP contribution in [-0.2, 0) is 4.79 Å². The van der Waals surface area contributed by atoms with Crippen molar-refractivity contribution in [3.8, 4) is 0 Å². The number of urea groups is 1. The maximum absolute atomic E-state index is 11.7. The second-order valence-electron chi connectivity index (χ2n) is 4.26. The Bertz CT molecular complexity index is 492. The SMILES string of the molecule is CC(C)[C@@H](NC(=O)Nc1ccc(Cl)cc1Cl)C(=O)[O-]. The summed E-state index contributed by atoms with van der Waals surface area (Å²) in [6.07, 6.45) is 0. The predicted octanol–water partition coefficient (Wildman–Crippen LogP) is 1.89. The van der Waals surface area contributed by atoms with E-state index in [1.54, 1.807) is 19.9 Å². The zero-order valence-corrected chi connectivity index (χ0v) is 11.9. The molecule has 2 amide bonds. The van der Waals surface area contributed by atoms with Crippen LogP contribution in [0.5, 0.6) is 0 Å². The molecule has 0 radical (unpaired) electrons. The first-order valence-corrected chi connectivity index (χ1v) is 6.30. The molecule has 0 aliphatic heterocycles. The van der Waals surface area contributed by atoms with Crippen molar-refractivity contribution in [3.63, 3.8) is 0 Å². The summed E-state index contributed by atoms with van der Waals surface area (Å²) in [5.74, 6) is -1.64. The summed E-state index contributed by atoms with van der Waals surface area (Å²) in [4.78, 5) is 22.5. The van der Waals surface area contributed by atoms with E-state index in [0.717, 1.165) is 0 Å². The lowest BCUT2D eigenvalue weighted by Gasteiger charge is -2.23. The van der Waals surface area contributed by atoms with Gasteiger partial charge in [-0.05, 0) is 24.1 Å². The molecule has 1 atom stereocenters. The molecule has 7 heteroatoms. The summed E-state index contributed by atoms with van der Waals surface area (Å²) in [6.45, 7) is 3.33. The van der Waals surface area contributed by atoms with Crippen molar-refractivity contribution in [2.75, 3.05) is 5.32 Å². The van der Waals surface area contributed by atoms with Crippen LogP contribution < -0.4 is 15.7 Å². The fraction of sp³-hybridized carbons (Fsp3) is 0.333. The number of halogens is 2. The van der Waals surface area contributed by atoms with Crippen molar-refractivity contribution in [3.05, 3.63) is 28.2 Å². The minimum absolute atomic E-state index is 0.261. The number of carboxylic acid groups (broad SMARTS) is 1. The average molecular weight is 304 g/mol. The lowest BCUT2D eigenvalue weighted by Crippen LogP contribution is -2.51. The van der Waals surface area contributed by atoms with Crippen molar-refractivity contribution in [1.82, 2.24) is 5.32 Å². The van der Waals surface area contributed by atoms with Crippen molar-refractivity contribution in [2.45, 2.75) is 19.9 Å². The number of carboxylic acids is 1. The molecule has 0 fully saturated rings. The Balaban J connectivity index is 2.72. The number of carbonyl (C=O) groups is 2. The summed E-state index contributed by atoms with van der Waals surface area (Å²) in [5, 5.41) is 16.3. The second kappa shape index (κ2) is 6.63. The highest BCUT2D eigenvalue weighted by Gasteiger charge is 2.17. The van der Waals surface area contributed by atoms with Gasteiger partial charge in [0.1, 0.15) is 0 Å². The molecule has 0 spiro atoms. The summed E-state index contributed by atoms with van der Waals surface area (Å²) >= 11 is 11.6. The van der Waals surface area contributed by atoms with Gasteiger partial charge in [0.25, 0.3) is 0 Å². The molecule has 5 nitrogen and oxygen atoms in total. The Hall–Kier alpha value is -1.46. The summed E-state index contributed by atoms with van der Waals surface area (Å²) in [6, 6.07) is 2.80. The highest BCUT2D eigenvalue weighted by Crippen LogP contribution is 2.25. The molecule has 0 aromatic heterocycles. The Kier molecular flexibility index (Phi) is 5.44. The van der Waals surface area contributed by atoms with Gasteiger partial charge < -0.3 is 20.5 Å². The predicted molar refractivity (Wildman–Crippen MR) is 72.2 cm³/mol. The first-order chi connectivity index (χ1) is 8.81. The van der Waals surface area contributed by atoms with Crippen LogP contribution >= 0.6 is 23.2 Å². The van der Waals surface area contributed by atoms with Crippen LogP contribution in [0.4, 0.5) is 10.5 Å². The average Bonchev–Trinajstić information content (AvgIpc) is 2.29. The Morgan fingerprint density at radius 1 is 1.26 bits per heavy atom. The smallest absolute Gasteiger partial charge is 0.319 e. The standard InChI is InChI=1S/C12H14Cl2N2O3/c1-6(2)10(11(17)18)16-12(19)15-9-4-3-7(13)5-8(9)14/h3-6,10H,1-2H3,(H,17,18)(H2,15,16,19)/p-1/t10-/m1/s1. The molecule has 1 rings (SSSR count). The van der Waals surface area contributed by atoms with Crippen molar-refractivity contribution >= 4 is 40.9 Å². The largest absolute Gasteiger partial charge is 0.548 e. The third-order valence-corrected chi connectivity index (χ3v) is 2.93. The first-order valence-electron chi connectivity index (χ1n) is 5.54. The van der Waals surface area contributed by atoms with Gasteiger partial charge in [-0.25, -0.2) is 4.79 Å². The van der Waals surface area contributed by atoms with Gasteiger partial charge in [-0.3, -0.25) is 0 Å². The molecule has 0 aliphatic carbocycles. The van der Waals surface area contributed by atoms with Gasteiger partial charge in [0, 0.05) is 5.02 Å². The molecular weight excluding hydrogens is 291 g/mol. The molecule has 104 valence electrons. The van der Waals surface area contributed by atoms with Crippen LogP contribution in [0.1, 0.15) is 13.8 Å². The number of anilines is 1. The summed E-state index contributed by atoms with van der Waals surface area (Å²) in [5.41, 5.74) is 0.337. The van der Waals surface area contributed by atoms with Crippen LogP contribution in [0.3, 0.4) is 0 Å². The minimum atomic E-state index is -1.34. The topological polar surface area (TPSA) is 81.3 Å². The van der Waals surface area contributed by atoms with Gasteiger partial charge in [0.05, 0.1) is 22.7 Å². The minimum Gasteiger partial charge on any atom is -0.548 e. The molecule has 2 N–H and O–H groups in total. The van der Waals surface area contributed by atoms with Crippen LogP contribution in [-0.4, -0.2) is 18.0 Å². The molecule has 0 unspecified atom stereocenters. The summed E-state index contributed by atoms with van der Waals surface area (Å²) < 4.78 is 0. The highest BCUT2D eigenvalue weighted by atomic mass is 35.5. The Labute approximate surface area is 120 Å². The zero-order valence-electron chi connectivity index (χ0n) is 10.4. The van der Waals surface area contributed by atoms with Crippen LogP contribution in [0.15, 0.2) is 18.2 Å². The third kappa shape index (κ3) is 4.61. The van der Waals surface area contributed by atoms with Crippen molar-refractivity contribution in [1.29, 1.82) is 0 Å². The fourth-order valence-electron chi connectivity index (χ4n) is 1.39. The lowest BCUT2D eigenvalue weighted by atomic mass is 10.1. The Morgan fingerprint density at radius 2 is 1.89 bits per heavy atom. The van der Waals surface area contributed by atoms with E-state index >= 15 is 0 Å². The van der Waals surface area contributed by atoms with E-state index in [9.17, 15) is 14.7 Å².